The van der Waals surface area contributed by atoms with Crippen molar-refractivity contribution in [3.05, 3.63) is 0 Å². The van der Waals surface area contributed by atoms with Gasteiger partial charge in [-0.25, -0.2) is 0 Å². The third-order valence-electron chi connectivity index (χ3n) is 1.80. The number of hydrogen-bond acceptors (Lipinski definition) is 5. The summed E-state index contributed by atoms with van der Waals surface area (Å²) < 4.78 is 15.4. The highest BCUT2D eigenvalue weighted by molar-refractivity contribution is 4.61. The van der Waals surface area contributed by atoms with Crippen LogP contribution < -0.4 is 11.3 Å². The van der Waals surface area contributed by atoms with Gasteiger partial charge < -0.3 is 14.2 Å². The molecule has 0 spiro atoms. The van der Waals surface area contributed by atoms with Crippen LogP contribution in [0.15, 0.2) is 0 Å². The lowest BCUT2D eigenvalue weighted by atomic mass is 10.2. The van der Waals surface area contributed by atoms with E-state index in [0.29, 0.717) is 33.0 Å². The van der Waals surface area contributed by atoms with Crippen LogP contribution in [0.5, 0.6) is 0 Å². The smallest absolute Gasteiger partial charge is 0.0700 e. The second kappa shape index (κ2) is 10.9. The molecule has 0 rings (SSSR count). The third kappa shape index (κ3) is 8.40. The number of nitrogens with two attached hydrogens (primary N) is 1. The number of rotatable bonds is 10. The molecule has 0 aromatic carbocycles. The van der Waals surface area contributed by atoms with Crippen molar-refractivity contribution in [1.29, 1.82) is 0 Å². The summed E-state index contributed by atoms with van der Waals surface area (Å²) in [7, 11) is 1.66. The highest BCUT2D eigenvalue weighted by Crippen LogP contribution is 1.93. The highest BCUT2D eigenvalue weighted by Gasteiger charge is 2.05. The van der Waals surface area contributed by atoms with Crippen molar-refractivity contribution in [2.45, 2.75) is 19.4 Å². The molecule has 14 heavy (non-hydrogen) atoms. The molecular formula is C9H22N2O3. The first kappa shape index (κ1) is 13.8. The molecule has 5 nitrogen and oxygen atoms in total. The van der Waals surface area contributed by atoms with Crippen LogP contribution in [0, 0.1) is 0 Å². The molecule has 0 aromatic heterocycles. The van der Waals surface area contributed by atoms with Gasteiger partial charge in [-0.05, 0) is 13.3 Å². The van der Waals surface area contributed by atoms with Gasteiger partial charge >= 0.3 is 0 Å². The molecule has 0 aliphatic carbocycles. The standard InChI is InChI=1S/C9H22N2O3/c1-3-13-8-9(11-10)4-5-14-7-6-12-2/h9,11H,3-8,10H2,1-2H3. The summed E-state index contributed by atoms with van der Waals surface area (Å²) >= 11 is 0. The van der Waals surface area contributed by atoms with Gasteiger partial charge in [-0.1, -0.05) is 0 Å². The van der Waals surface area contributed by atoms with E-state index in [1.165, 1.54) is 0 Å². The Hall–Kier alpha value is -0.200. The van der Waals surface area contributed by atoms with Crippen LogP contribution in [-0.4, -0.2) is 46.2 Å². The minimum atomic E-state index is 0.164. The predicted molar refractivity (Wildman–Crippen MR) is 54.9 cm³/mol. The van der Waals surface area contributed by atoms with Crippen LogP contribution in [0.2, 0.25) is 0 Å². The van der Waals surface area contributed by atoms with Crippen LogP contribution in [0.3, 0.4) is 0 Å². The first-order valence-electron chi connectivity index (χ1n) is 4.95. The van der Waals surface area contributed by atoms with Gasteiger partial charge in [-0.15, -0.1) is 0 Å². The average molecular weight is 206 g/mol. The Kier molecular flexibility index (Phi) is 10.7. The molecule has 0 radical (unpaired) electrons. The SMILES string of the molecule is CCOCC(CCOCCOC)NN. The molecule has 0 bridgehead atoms. The zero-order valence-corrected chi connectivity index (χ0v) is 9.12. The van der Waals surface area contributed by atoms with E-state index >= 15 is 0 Å². The Morgan fingerprint density at radius 3 is 2.57 bits per heavy atom. The molecule has 3 N–H and O–H groups in total. The van der Waals surface area contributed by atoms with Gasteiger partial charge in [0.15, 0.2) is 0 Å². The van der Waals surface area contributed by atoms with Gasteiger partial charge in [0.2, 0.25) is 0 Å². The molecule has 0 aromatic rings. The van der Waals surface area contributed by atoms with Crippen LogP contribution >= 0.6 is 0 Å². The quantitative estimate of drug-likeness (QED) is 0.297. The Balaban J connectivity index is 3.24. The molecule has 0 saturated carbocycles. The zero-order chi connectivity index (χ0) is 10.6. The number of nitrogens with one attached hydrogen (secondary N) is 1. The maximum atomic E-state index is 5.34. The molecule has 0 amide bonds. The van der Waals surface area contributed by atoms with Crippen LogP contribution in [-0.2, 0) is 14.2 Å². The van der Waals surface area contributed by atoms with Crippen molar-refractivity contribution in [1.82, 2.24) is 5.43 Å². The first-order chi connectivity index (χ1) is 6.85. The maximum Gasteiger partial charge on any atom is 0.0700 e. The first-order valence-corrected chi connectivity index (χ1v) is 4.95. The molecule has 0 aliphatic rings. The van der Waals surface area contributed by atoms with E-state index in [1.54, 1.807) is 7.11 Å². The van der Waals surface area contributed by atoms with Crippen molar-refractivity contribution in [2.24, 2.45) is 5.84 Å². The number of hydrogen-bond donors (Lipinski definition) is 2. The summed E-state index contributed by atoms with van der Waals surface area (Å²) in [5.41, 5.74) is 2.69. The van der Waals surface area contributed by atoms with Crippen molar-refractivity contribution in [3.8, 4) is 0 Å². The molecule has 86 valence electrons. The monoisotopic (exact) mass is 206 g/mol. The van der Waals surface area contributed by atoms with Crippen molar-refractivity contribution in [2.75, 3.05) is 40.1 Å². The molecule has 1 unspecified atom stereocenters. The van der Waals surface area contributed by atoms with Gasteiger partial charge in [0.25, 0.3) is 0 Å². The van der Waals surface area contributed by atoms with E-state index in [-0.39, 0.29) is 6.04 Å². The minimum absolute atomic E-state index is 0.164. The van der Waals surface area contributed by atoms with E-state index in [0.717, 1.165) is 6.42 Å². The molecule has 0 fully saturated rings. The van der Waals surface area contributed by atoms with Gasteiger partial charge in [-0.2, -0.15) is 0 Å². The lowest BCUT2D eigenvalue weighted by molar-refractivity contribution is 0.0559. The fourth-order valence-corrected chi connectivity index (χ4v) is 0.945. The summed E-state index contributed by atoms with van der Waals surface area (Å²) in [5.74, 6) is 5.34. The normalized spacial score (nSPS) is 13.1. The Labute approximate surface area is 85.9 Å². The fourth-order valence-electron chi connectivity index (χ4n) is 0.945. The zero-order valence-electron chi connectivity index (χ0n) is 9.12. The largest absolute Gasteiger partial charge is 0.382 e. The Morgan fingerprint density at radius 1 is 1.21 bits per heavy atom. The fraction of sp³-hybridized carbons (Fsp3) is 1.00. The summed E-state index contributed by atoms with van der Waals surface area (Å²) in [6.07, 6.45) is 0.847. The van der Waals surface area contributed by atoms with E-state index in [1.807, 2.05) is 6.92 Å². The second-order valence-corrected chi connectivity index (χ2v) is 2.92. The van der Waals surface area contributed by atoms with Gasteiger partial charge in [0.05, 0.1) is 19.8 Å². The highest BCUT2D eigenvalue weighted by atomic mass is 16.5. The van der Waals surface area contributed by atoms with Crippen LogP contribution in [0.1, 0.15) is 13.3 Å². The summed E-state index contributed by atoms with van der Waals surface area (Å²) in [6, 6.07) is 0.164. The lowest BCUT2D eigenvalue weighted by Gasteiger charge is -2.15. The summed E-state index contributed by atoms with van der Waals surface area (Å²) in [6.45, 7) is 5.23. The molecule has 0 heterocycles. The molecule has 0 aliphatic heterocycles. The van der Waals surface area contributed by atoms with Crippen LogP contribution in [0.25, 0.3) is 0 Å². The third-order valence-corrected chi connectivity index (χ3v) is 1.80. The van der Waals surface area contributed by atoms with E-state index < -0.39 is 0 Å². The number of ether oxygens (including phenoxy) is 3. The summed E-state index contributed by atoms with van der Waals surface area (Å²) in [5, 5.41) is 0. The number of hydrazine groups is 1. The van der Waals surface area contributed by atoms with Crippen molar-refractivity contribution >= 4 is 0 Å². The van der Waals surface area contributed by atoms with E-state index in [2.05, 4.69) is 5.43 Å². The second-order valence-electron chi connectivity index (χ2n) is 2.92. The molecular weight excluding hydrogens is 184 g/mol. The predicted octanol–water partition coefficient (Wildman–Crippen LogP) is -0.0921. The Bertz CT molecular complexity index is 114. The molecule has 5 heteroatoms. The van der Waals surface area contributed by atoms with Gasteiger partial charge in [-0.3, -0.25) is 11.3 Å². The summed E-state index contributed by atoms with van der Waals surface area (Å²) in [4.78, 5) is 0. The topological polar surface area (TPSA) is 65.7 Å². The lowest BCUT2D eigenvalue weighted by Crippen LogP contribution is -2.39. The number of methoxy groups -OCH3 is 1. The van der Waals surface area contributed by atoms with Crippen molar-refractivity contribution in [3.63, 3.8) is 0 Å². The van der Waals surface area contributed by atoms with Gasteiger partial charge in [0, 0.05) is 26.4 Å². The van der Waals surface area contributed by atoms with Crippen molar-refractivity contribution < 1.29 is 14.2 Å². The minimum Gasteiger partial charge on any atom is -0.382 e. The van der Waals surface area contributed by atoms with E-state index in [9.17, 15) is 0 Å². The molecule has 1 atom stereocenters. The van der Waals surface area contributed by atoms with Gasteiger partial charge in [0.1, 0.15) is 0 Å². The molecule has 0 saturated heterocycles. The maximum absolute atomic E-state index is 5.34. The Morgan fingerprint density at radius 2 is 2.00 bits per heavy atom. The van der Waals surface area contributed by atoms with E-state index in [4.69, 9.17) is 20.1 Å². The van der Waals surface area contributed by atoms with Crippen LogP contribution in [0.4, 0.5) is 0 Å². The average Bonchev–Trinajstić information content (AvgIpc) is 2.22.